The van der Waals surface area contributed by atoms with Crippen LogP contribution in [0, 0.1) is 6.92 Å². The van der Waals surface area contributed by atoms with Crippen molar-refractivity contribution in [2.24, 2.45) is 5.73 Å². The Kier molecular flexibility index (Phi) is 3.40. The van der Waals surface area contributed by atoms with Gasteiger partial charge < -0.3 is 15.6 Å². The zero-order valence-corrected chi connectivity index (χ0v) is 13.3. The summed E-state index contributed by atoms with van der Waals surface area (Å²) in [4.78, 5) is 29.6. The molecular weight excluding hydrogens is 308 g/mol. The van der Waals surface area contributed by atoms with Gasteiger partial charge in [0.05, 0.1) is 11.4 Å². The van der Waals surface area contributed by atoms with Crippen LogP contribution in [0.1, 0.15) is 35.3 Å². The molecule has 1 atom stereocenters. The van der Waals surface area contributed by atoms with E-state index in [9.17, 15) is 4.79 Å². The average Bonchev–Trinajstić information content (AvgIpc) is 3.23. The lowest BCUT2D eigenvalue weighted by molar-refractivity contribution is 0.0990. The molecule has 1 fully saturated rings. The zero-order chi connectivity index (χ0) is 16.7. The molecule has 1 aliphatic rings. The Hall–Kier alpha value is -2.97. The number of hydrogen-bond donors (Lipinski definition) is 2. The minimum Gasteiger partial charge on any atom is -0.363 e. The number of carbonyl (C=O) groups excluding carboxylic acids is 1. The molecule has 3 aromatic heterocycles. The molecule has 9 nitrogen and oxygen atoms in total. The first-order chi connectivity index (χ1) is 11.6. The second kappa shape index (κ2) is 5.59. The van der Waals surface area contributed by atoms with Gasteiger partial charge in [-0.2, -0.15) is 0 Å². The highest BCUT2D eigenvalue weighted by Crippen LogP contribution is 2.29. The van der Waals surface area contributed by atoms with E-state index in [1.54, 1.807) is 11.0 Å². The molecule has 1 unspecified atom stereocenters. The topological polar surface area (TPSA) is 119 Å². The molecule has 3 N–H and O–H groups in total. The summed E-state index contributed by atoms with van der Waals surface area (Å²) >= 11 is 0. The van der Waals surface area contributed by atoms with Crippen molar-refractivity contribution in [1.82, 2.24) is 29.7 Å². The van der Waals surface area contributed by atoms with E-state index in [1.807, 2.05) is 19.2 Å². The van der Waals surface area contributed by atoms with Gasteiger partial charge in [0.2, 0.25) is 5.82 Å². The number of piperidine rings is 1. The number of fused-ring (bicyclic) bond motifs is 1. The number of aromatic nitrogens is 6. The van der Waals surface area contributed by atoms with Crippen molar-refractivity contribution in [3.05, 3.63) is 30.2 Å². The Morgan fingerprint density at radius 3 is 3.08 bits per heavy atom. The van der Waals surface area contributed by atoms with Gasteiger partial charge in [0.25, 0.3) is 5.91 Å². The second-order valence-electron chi connectivity index (χ2n) is 5.99. The minimum atomic E-state index is -0.609. The number of nitrogens with zero attached hydrogens (tertiary/aromatic N) is 6. The molecule has 1 aliphatic heterocycles. The van der Waals surface area contributed by atoms with Crippen molar-refractivity contribution in [2.45, 2.75) is 25.8 Å². The van der Waals surface area contributed by atoms with Gasteiger partial charge in [-0.05, 0) is 25.8 Å². The van der Waals surface area contributed by atoms with Gasteiger partial charge in [0.1, 0.15) is 23.6 Å². The summed E-state index contributed by atoms with van der Waals surface area (Å²) in [6.45, 7) is 3.56. The quantitative estimate of drug-likeness (QED) is 0.735. The molecular formula is C15H18N8O. The van der Waals surface area contributed by atoms with Crippen LogP contribution in [-0.4, -0.2) is 48.7 Å². The molecule has 4 heterocycles. The van der Waals surface area contributed by atoms with Gasteiger partial charge in [-0.1, -0.05) is 0 Å². The maximum Gasteiger partial charge on any atom is 0.288 e. The van der Waals surface area contributed by atoms with Crippen LogP contribution in [-0.2, 0) is 0 Å². The van der Waals surface area contributed by atoms with Gasteiger partial charge in [-0.3, -0.25) is 4.79 Å². The van der Waals surface area contributed by atoms with E-state index in [2.05, 4.69) is 29.9 Å². The number of hydrogen-bond acceptors (Lipinski definition) is 6. The summed E-state index contributed by atoms with van der Waals surface area (Å²) in [6.07, 6.45) is 5.43. The Balaban J connectivity index is 1.64. The first-order valence-electron chi connectivity index (χ1n) is 7.89. The van der Waals surface area contributed by atoms with E-state index in [0.717, 1.165) is 48.6 Å². The standard InChI is InChI=1S/C15H18N8O/c1-9-19-13-11(4-5-17-13)15(20-9)22-6-2-3-10(7-22)23-8-18-14(21-23)12(16)24/h4-5,8,10H,2-3,6-7H2,1H3,(H2,16,24)(H,17,19,20). The number of anilines is 1. The summed E-state index contributed by atoms with van der Waals surface area (Å²) < 4.78 is 1.73. The molecule has 24 heavy (non-hydrogen) atoms. The number of amides is 1. The summed E-state index contributed by atoms with van der Waals surface area (Å²) in [6, 6.07) is 2.12. The number of rotatable bonds is 3. The predicted molar refractivity (Wildman–Crippen MR) is 87.6 cm³/mol. The van der Waals surface area contributed by atoms with Crippen LogP contribution in [0.25, 0.3) is 11.0 Å². The molecule has 0 bridgehead atoms. The van der Waals surface area contributed by atoms with E-state index >= 15 is 0 Å². The predicted octanol–water partition coefficient (Wildman–Crippen LogP) is 0.798. The van der Waals surface area contributed by atoms with Crippen molar-refractivity contribution >= 4 is 22.8 Å². The van der Waals surface area contributed by atoms with Crippen molar-refractivity contribution in [2.75, 3.05) is 18.0 Å². The largest absolute Gasteiger partial charge is 0.363 e. The van der Waals surface area contributed by atoms with Gasteiger partial charge in [0, 0.05) is 19.3 Å². The van der Waals surface area contributed by atoms with Crippen molar-refractivity contribution in [1.29, 1.82) is 0 Å². The van der Waals surface area contributed by atoms with Crippen LogP contribution in [0.3, 0.4) is 0 Å². The molecule has 0 radical (unpaired) electrons. The third kappa shape index (κ3) is 2.47. The van der Waals surface area contributed by atoms with E-state index in [4.69, 9.17) is 5.73 Å². The Labute approximate surface area is 137 Å². The highest BCUT2D eigenvalue weighted by Gasteiger charge is 2.25. The van der Waals surface area contributed by atoms with Crippen LogP contribution >= 0.6 is 0 Å². The summed E-state index contributed by atoms with van der Waals surface area (Å²) in [5.41, 5.74) is 6.08. The molecule has 1 saturated heterocycles. The van der Waals surface area contributed by atoms with Crippen LogP contribution in [0.4, 0.5) is 5.82 Å². The monoisotopic (exact) mass is 326 g/mol. The highest BCUT2D eigenvalue weighted by atomic mass is 16.1. The van der Waals surface area contributed by atoms with E-state index in [0.29, 0.717) is 0 Å². The summed E-state index contributed by atoms with van der Waals surface area (Å²) in [5.74, 6) is 1.11. The fourth-order valence-corrected chi connectivity index (χ4v) is 3.20. The Morgan fingerprint density at radius 2 is 2.29 bits per heavy atom. The third-order valence-corrected chi connectivity index (χ3v) is 4.31. The fraction of sp³-hybridized carbons (Fsp3) is 0.400. The maximum atomic E-state index is 11.2. The number of aryl methyl sites for hydroxylation is 1. The molecule has 0 aliphatic carbocycles. The van der Waals surface area contributed by atoms with Gasteiger partial charge >= 0.3 is 0 Å². The minimum absolute atomic E-state index is 0.0537. The SMILES string of the molecule is Cc1nc(N2CCCC(n3cnc(C(N)=O)n3)C2)c2cc[nH]c2n1. The van der Waals surface area contributed by atoms with E-state index in [1.165, 1.54) is 0 Å². The van der Waals surface area contributed by atoms with Crippen molar-refractivity contribution in [3.8, 4) is 0 Å². The molecule has 0 aromatic carbocycles. The number of nitrogens with one attached hydrogen (secondary N) is 1. The van der Waals surface area contributed by atoms with Gasteiger partial charge in [-0.25, -0.2) is 19.6 Å². The summed E-state index contributed by atoms with van der Waals surface area (Å²) in [5, 5.41) is 5.21. The smallest absolute Gasteiger partial charge is 0.288 e. The van der Waals surface area contributed by atoms with Gasteiger partial charge in [0.15, 0.2) is 0 Å². The molecule has 0 spiro atoms. The Bertz CT molecular complexity index is 898. The number of aromatic amines is 1. The van der Waals surface area contributed by atoms with Crippen LogP contribution in [0.2, 0.25) is 0 Å². The number of carbonyl (C=O) groups is 1. The molecule has 9 heteroatoms. The highest BCUT2D eigenvalue weighted by molar-refractivity contribution is 5.88. The molecule has 0 saturated carbocycles. The van der Waals surface area contributed by atoms with Crippen molar-refractivity contribution < 1.29 is 4.79 Å². The van der Waals surface area contributed by atoms with Crippen LogP contribution in [0.5, 0.6) is 0 Å². The molecule has 3 aromatic rings. The van der Waals surface area contributed by atoms with Crippen LogP contribution < -0.4 is 10.6 Å². The van der Waals surface area contributed by atoms with Crippen LogP contribution in [0.15, 0.2) is 18.6 Å². The maximum absolute atomic E-state index is 11.2. The first-order valence-corrected chi connectivity index (χ1v) is 7.89. The lowest BCUT2D eigenvalue weighted by Crippen LogP contribution is -2.37. The normalized spacial score (nSPS) is 18.2. The number of primary amides is 1. The lowest BCUT2D eigenvalue weighted by atomic mass is 10.1. The average molecular weight is 326 g/mol. The molecule has 124 valence electrons. The van der Waals surface area contributed by atoms with Crippen molar-refractivity contribution in [3.63, 3.8) is 0 Å². The zero-order valence-electron chi connectivity index (χ0n) is 13.3. The summed E-state index contributed by atoms with van der Waals surface area (Å²) in [7, 11) is 0. The third-order valence-electron chi connectivity index (χ3n) is 4.31. The number of nitrogens with two attached hydrogens (primary N) is 1. The Morgan fingerprint density at radius 1 is 1.42 bits per heavy atom. The molecule has 4 rings (SSSR count). The number of H-pyrrole nitrogens is 1. The second-order valence-corrected chi connectivity index (χ2v) is 5.99. The molecule has 1 amide bonds. The van der Waals surface area contributed by atoms with E-state index in [-0.39, 0.29) is 11.9 Å². The first kappa shape index (κ1) is 14.6. The lowest BCUT2D eigenvalue weighted by Gasteiger charge is -2.33. The van der Waals surface area contributed by atoms with E-state index < -0.39 is 5.91 Å². The van der Waals surface area contributed by atoms with Gasteiger partial charge in [-0.15, -0.1) is 5.10 Å². The fourth-order valence-electron chi connectivity index (χ4n) is 3.20.